The van der Waals surface area contributed by atoms with Crippen LogP contribution in [-0.2, 0) is 14.3 Å². The summed E-state index contributed by atoms with van der Waals surface area (Å²) in [7, 11) is 7.03. The minimum atomic E-state index is -0.824. The number of aromatic nitrogens is 4. The van der Waals surface area contributed by atoms with Gasteiger partial charge in [0.1, 0.15) is 35.2 Å². The van der Waals surface area contributed by atoms with Crippen LogP contribution >= 0.6 is 0 Å². The monoisotopic (exact) mass is 674 g/mol. The van der Waals surface area contributed by atoms with Crippen LogP contribution in [0.4, 0.5) is 22.0 Å². The molecule has 1 fully saturated rings. The first kappa shape index (κ1) is 37.2. The van der Waals surface area contributed by atoms with Crippen molar-refractivity contribution in [2.75, 3.05) is 17.7 Å². The van der Waals surface area contributed by atoms with Gasteiger partial charge in [0.2, 0.25) is 5.91 Å². The number of anilines is 3. The summed E-state index contributed by atoms with van der Waals surface area (Å²) >= 11 is 0. The Morgan fingerprint density at radius 1 is 1.00 bits per heavy atom. The number of carbonyl (C=O) groups excluding carboxylic acids is 3. The summed E-state index contributed by atoms with van der Waals surface area (Å²) in [5.41, 5.74) is -0.113. The van der Waals surface area contributed by atoms with E-state index in [1.807, 2.05) is 44.3 Å². The van der Waals surface area contributed by atoms with Gasteiger partial charge in [-0.15, -0.1) is 10.2 Å². The number of benzene rings is 1. The zero-order chi connectivity index (χ0) is 36.3. The van der Waals surface area contributed by atoms with E-state index >= 15 is 0 Å². The molecule has 3 aromatic rings. The van der Waals surface area contributed by atoms with Crippen LogP contribution in [0.15, 0.2) is 28.8 Å². The number of hydrogen-bond acceptors (Lipinski definition) is 12. The van der Waals surface area contributed by atoms with Gasteiger partial charge in [-0.3, -0.25) is 9.59 Å². The second kappa shape index (κ2) is 14.5. The number of amides is 3. The summed E-state index contributed by atoms with van der Waals surface area (Å²) in [5, 5.41) is 23.6. The zero-order valence-corrected chi connectivity index (χ0v) is 30.1. The highest BCUT2D eigenvalue weighted by atomic mass is 16.6. The number of para-hydroxylation sites is 1. The Balaban J connectivity index is 1.70. The summed E-state index contributed by atoms with van der Waals surface area (Å²) in [6, 6.07) is 5.93. The lowest BCUT2D eigenvalue weighted by Crippen LogP contribution is -2.50. The molecule has 0 radical (unpaired) electrons. The molecule has 0 bridgehead atoms. The molecule has 0 aliphatic heterocycles. The van der Waals surface area contributed by atoms with Crippen LogP contribution in [-0.4, -0.2) is 91.4 Å². The van der Waals surface area contributed by atoms with Crippen molar-refractivity contribution in [2.45, 2.75) is 89.9 Å². The van der Waals surface area contributed by atoms with Gasteiger partial charge in [-0.25, -0.2) is 4.79 Å². The third kappa shape index (κ3) is 10.7. The Hall–Kier alpha value is -4.60. The van der Waals surface area contributed by atoms with Crippen molar-refractivity contribution >= 4 is 58.6 Å². The fraction of sp³-hybridized carbons (Fsp3) is 0.516. The molecule has 4 N–H and O–H groups in total. The van der Waals surface area contributed by atoms with Crippen LogP contribution in [0, 0.1) is 5.92 Å². The van der Waals surface area contributed by atoms with E-state index in [2.05, 4.69) is 41.6 Å². The first-order valence-corrected chi connectivity index (χ1v) is 16.2. The average molecular weight is 674 g/mol. The molecule has 0 unspecified atom stereocenters. The molecule has 0 spiro atoms. The average Bonchev–Trinajstić information content (AvgIpc) is 3.70. The Bertz CT molecular complexity index is 1680. The number of alkyl carbamates (subject to hydrolysis) is 1. The topological polar surface area (TPSA) is 192 Å². The molecule has 1 aliphatic rings. The number of carbonyl (C=O) groups is 3. The SMILES string of the molecule is BC(B)(B)NC(=O)c1nnc(NC(=O)C2CC2)cc1Nc1cccc(-c2nc([C@@H](NC(=O)OC(C)(C)C)[C@@H](C)OC(C)(C)C)no2)c1OC. The maximum Gasteiger partial charge on any atom is 0.408 e. The predicted octanol–water partition coefficient (Wildman–Crippen LogP) is 1.64. The maximum atomic E-state index is 13.3. The van der Waals surface area contributed by atoms with E-state index in [1.165, 1.54) is 7.11 Å². The Kier molecular flexibility index (Phi) is 11.0. The molecule has 1 saturated carbocycles. The van der Waals surface area contributed by atoms with E-state index in [0.29, 0.717) is 17.0 Å². The van der Waals surface area contributed by atoms with E-state index in [-0.39, 0.29) is 40.7 Å². The van der Waals surface area contributed by atoms with Gasteiger partial charge in [0.25, 0.3) is 11.8 Å². The third-order valence-corrected chi connectivity index (χ3v) is 6.82. The highest BCUT2D eigenvalue weighted by Gasteiger charge is 2.33. The first-order valence-electron chi connectivity index (χ1n) is 16.2. The van der Waals surface area contributed by atoms with Gasteiger partial charge in [-0.2, -0.15) is 4.98 Å². The molecule has 0 saturated heterocycles. The van der Waals surface area contributed by atoms with Crippen LogP contribution in [0.1, 0.15) is 83.7 Å². The summed E-state index contributed by atoms with van der Waals surface area (Å²) in [5.74, 6) is 0.100. The van der Waals surface area contributed by atoms with Crippen LogP contribution in [0.2, 0.25) is 0 Å². The third-order valence-electron chi connectivity index (χ3n) is 6.82. The summed E-state index contributed by atoms with van der Waals surface area (Å²) < 4.78 is 23.1. The van der Waals surface area contributed by atoms with E-state index < -0.39 is 40.6 Å². The molecule has 15 nitrogen and oxygen atoms in total. The van der Waals surface area contributed by atoms with Crippen LogP contribution in [0.25, 0.3) is 11.5 Å². The molecule has 1 aromatic carbocycles. The van der Waals surface area contributed by atoms with Crippen molar-refractivity contribution in [3.8, 4) is 17.2 Å². The molecule has 2 heterocycles. The van der Waals surface area contributed by atoms with Crippen molar-refractivity contribution in [3.63, 3.8) is 0 Å². The highest BCUT2D eigenvalue weighted by molar-refractivity contribution is 6.60. The van der Waals surface area contributed by atoms with Crippen LogP contribution in [0.3, 0.4) is 0 Å². The van der Waals surface area contributed by atoms with Crippen molar-refractivity contribution in [3.05, 3.63) is 35.8 Å². The lowest BCUT2D eigenvalue weighted by Gasteiger charge is -2.30. The highest BCUT2D eigenvalue weighted by Crippen LogP contribution is 2.39. The van der Waals surface area contributed by atoms with Gasteiger partial charge in [-0.1, -0.05) is 11.2 Å². The minimum Gasteiger partial charge on any atom is -0.494 e. The van der Waals surface area contributed by atoms with Gasteiger partial charge in [-0.05, 0) is 78.7 Å². The van der Waals surface area contributed by atoms with Gasteiger partial charge in [0.15, 0.2) is 23.1 Å². The van der Waals surface area contributed by atoms with Gasteiger partial charge < -0.3 is 40.0 Å². The van der Waals surface area contributed by atoms with Crippen molar-refractivity contribution in [1.29, 1.82) is 0 Å². The standard InChI is InChI=1S/C31H45B3N8O7/c1-15(47-29(2,3)4)21(37-28(45)48-30(5,6)7)24-38-27(49-42-24)17-10-9-11-18(23(17)46-8)35-19-14-20(36-25(43)16-12-13-16)40-41-22(19)26(44)39-31(32,33)34/h9-11,14-16,21H,12-13,32-34H2,1-8H3,(H,37,45)(H,39,44)(H2,35,36,40,43)/t15-,21+/m1/s1. The summed E-state index contributed by atoms with van der Waals surface area (Å²) in [4.78, 5) is 43.2. The maximum absolute atomic E-state index is 13.3. The largest absolute Gasteiger partial charge is 0.494 e. The Morgan fingerprint density at radius 2 is 1.69 bits per heavy atom. The fourth-order valence-corrected chi connectivity index (χ4v) is 4.78. The number of nitrogens with one attached hydrogen (secondary N) is 4. The minimum absolute atomic E-state index is 0.00998. The van der Waals surface area contributed by atoms with E-state index in [0.717, 1.165) is 12.8 Å². The second-order valence-corrected chi connectivity index (χ2v) is 15.0. The number of rotatable bonds is 12. The summed E-state index contributed by atoms with van der Waals surface area (Å²) in [6.07, 6.45) is 0.400. The van der Waals surface area contributed by atoms with E-state index in [4.69, 9.17) is 18.7 Å². The second-order valence-electron chi connectivity index (χ2n) is 15.0. The molecule has 1 aliphatic carbocycles. The molecule has 2 aromatic heterocycles. The molecule has 4 rings (SSSR count). The lowest BCUT2D eigenvalue weighted by atomic mass is 9.49. The smallest absolute Gasteiger partial charge is 0.408 e. The molecule has 18 heteroatoms. The van der Waals surface area contributed by atoms with Gasteiger partial charge >= 0.3 is 6.09 Å². The molecule has 3 amide bonds. The van der Waals surface area contributed by atoms with Gasteiger partial charge in [0, 0.05) is 12.0 Å². The quantitative estimate of drug-likeness (QED) is 0.204. The molecule has 2 atom stereocenters. The summed E-state index contributed by atoms with van der Waals surface area (Å²) in [6.45, 7) is 12.8. The number of methoxy groups -OCH3 is 1. The lowest BCUT2D eigenvalue weighted by molar-refractivity contribution is -0.117. The van der Waals surface area contributed by atoms with E-state index in [9.17, 15) is 14.4 Å². The van der Waals surface area contributed by atoms with Crippen molar-refractivity contribution < 1.29 is 33.1 Å². The predicted molar refractivity (Wildman–Crippen MR) is 191 cm³/mol. The molecular formula is C31H45B3N8O7. The number of hydrogen-bond donors (Lipinski definition) is 4. The Labute approximate surface area is 289 Å². The number of ether oxygens (including phenoxy) is 3. The number of nitrogens with zero attached hydrogens (tertiary/aromatic N) is 4. The molecule has 49 heavy (non-hydrogen) atoms. The zero-order valence-electron chi connectivity index (χ0n) is 30.1. The normalized spacial score (nSPS) is 14.7. The first-order chi connectivity index (χ1) is 22.7. The Morgan fingerprint density at radius 3 is 2.29 bits per heavy atom. The van der Waals surface area contributed by atoms with Crippen molar-refractivity contribution in [2.24, 2.45) is 5.92 Å². The fourth-order valence-electron chi connectivity index (χ4n) is 4.78. The molecular weight excluding hydrogens is 629 g/mol. The van der Waals surface area contributed by atoms with Crippen LogP contribution < -0.4 is 26.0 Å². The van der Waals surface area contributed by atoms with Gasteiger partial charge in [0.05, 0.1) is 35.8 Å². The van der Waals surface area contributed by atoms with Crippen LogP contribution in [0.5, 0.6) is 5.75 Å². The van der Waals surface area contributed by atoms with Crippen molar-refractivity contribution in [1.82, 2.24) is 31.0 Å². The van der Waals surface area contributed by atoms with E-state index in [1.54, 1.807) is 52.0 Å². The molecule has 260 valence electrons.